The van der Waals surface area contributed by atoms with E-state index in [1.807, 2.05) is 0 Å². The molecule has 3 aromatic rings. The number of nitrogens with one attached hydrogen (secondary N) is 1. The fraction of sp³-hybridized carbons (Fsp3) is 0.600. The molecule has 1 unspecified atom stereocenters. The summed E-state index contributed by atoms with van der Waals surface area (Å²) in [5.41, 5.74) is 5.00. The molecule has 1 aliphatic carbocycles. The van der Waals surface area contributed by atoms with Crippen LogP contribution in [0, 0.1) is 0 Å². The van der Waals surface area contributed by atoms with E-state index in [0.29, 0.717) is 12.1 Å². The molecular weight excluding hydrogens is 444 g/mol. The number of rotatable bonds is 9. The van der Waals surface area contributed by atoms with Gasteiger partial charge in [0.2, 0.25) is 5.95 Å². The summed E-state index contributed by atoms with van der Waals surface area (Å²) in [7, 11) is 2.21. The first-order valence-electron chi connectivity index (χ1n) is 14.3. The molecule has 6 heteroatoms. The van der Waals surface area contributed by atoms with Crippen LogP contribution in [0.15, 0.2) is 36.7 Å². The van der Waals surface area contributed by atoms with E-state index in [4.69, 9.17) is 9.97 Å². The van der Waals surface area contributed by atoms with Crippen LogP contribution in [0.25, 0.3) is 22.2 Å². The Balaban J connectivity index is 1.43. The number of hydrogen-bond donors (Lipinski definition) is 1. The van der Waals surface area contributed by atoms with Crippen molar-refractivity contribution in [2.45, 2.75) is 83.8 Å². The summed E-state index contributed by atoms with van der Waals surface area (Å²) in [4.78, 5) is 14.9. The van der Waals surface area contributed by atoms with E-state index in [2.05, 4.69) is 77.2 Å². The average Bonchev–Trinajstić information content (AvgIpc) is 3.29. The number of piperazine rings is 1. The highest BCUT2D eigenvalue weighted by atomic mass is 15.2. The Hall–Kier alpha value is -2.44. The summed E-state index contributed by atoms with van der Waals surface area (Å²) < 4.78 is 2.47. The Bertz CT molecular complexity index is 1110. The van der Waals surface area contributed by atoms with Crippen molar-refractivity contribution in [1.82, 2.24) is 24.3 Å². The molecule has 3 heterocycles. The van der Waals surface area contributed by atoms with Crippen LogP contribution < -0.4 is 5.32 Å². The predicted molar refractivity (Wildman–Crippen MR) is 150 cm³/mol. The van der Waals surface area contributed by atoms with Crippen molar-refractivity contribution >= 4 is 17.0 Å². The van der Waals surface area contributed by atoms with Gasteiger partial charge in [-0.15, -0.1) is 0 Å². The first-order valence-corrected chi connectivity index (χ1v) is 14.3. The second-order valence-electron chi connectivity index (χ2n) is 11.0. The zero-order valence-corrected chi connectivity index (χ0v) is 22.5. The summed E-state index contributed by atoms with van der Waals surface area (Å²) in [5.74, 6) is 0.770. The number of fused-ring (bicyclic) bond motifs is 1. The number of aromatic nitrogens is 3. The molecule has 0 radical (unpaired) electrons. The number of likely N-dealkylation sites (N-methyl/N-ethyl adjacent to an activating group) is 1. The third-order valence-corrected chi connectivity index (χ3v) is 8.27. The molecule has 1 saturated carbocycles. The second-order valence-corrected chi connectivity index (χ2v) is 11.0. The zero-order valence-electron chi connectivity index (χ0n) is 22.5. The van der Waals surface area contributed by atoms with Crippen LogP contribution in [-0.2, 0) is 6.54 Å². The smallest absolute Gasteiger partial charge is 0.224 e. The molecular formula is C30H44N6. The van der Waals surface area contributed by atoms with Crippen LogP contribution in [-0.4, -0.2) is 63.6 Å². The van der Waals surface area contributed by atoms with Crippen LogP contribution in [0.5, 0.6) is 0 Å². The number of hydrogen-bond acceptors (Lipinski definition) is 5. The third kappa shape index (κ3) is 5.76. The molecule has 1 aliphatic heterocycles. The van der Waals surface area contributed by atoms with Crippen molar-refractivity contribution in [3.8, 4) is 11.1 Å². The lowest BCUT2D eigenvalue weighted by Gasteiger charge is -2.32. The van der Waals surface area contributed by atoms with E-state index < -0.39 is 0 Å². The van der Waals surface area contributed by atoms with Crippen molar-refractivity contribution < 1.29 is 0 Å². The minimum Gasteiger partial charge on any atom is -0.351 e. The van der Waals surface area contributed by atoms with E-state index in [9.17, 15) is 0 Å². The first-order chi connectivity index (χ1) is 17.6. The second kappa shape index (κ2) is 11.7. The summed E-state index contributed by atoms with van der Waals surface area (Å²) in [6.07, 6.45) is 14.3. The average molecular weight is 489 g/mol. The van der Waals surface area contributed by atoms with Crippen LogP contribution in [0.4, 0.5) is 5.95 Å². The van der Waals surface area contributed by atoms with Gasteiger partial charge in [-0.25, -0.2) is 4.98 Å². The van der Waals surface area contributed by atoms with Crippen molar-refractivity contribution in [3.05, 3.63) is 42.2 Å². The van der Waals surface area contributed by atoms with E-state index in [1.165, 1.54) is 60.6 Å². The monoisotopic (exact) mass is 488 g/mol. The Labute approximate surface area is 217 Å². The fourth-order valence-electron chi connectivity index (χ4n) is 5.93. The first kappa shape index (κ1) is 25.2. The molecule has 0 amide bonds. The highest BCUT2D eigenvalue weighted by molar-refractivity contribution is 5.94. The predicted octanol–water partition coefficient (Wildman–Crippen LogP) is 6.34. The maximum atomic E-state index is 5.10. The highest BCUT2D eigenvalue weighted by Crippen LogP contribution is 2.36. The van der Waals surface area contributed by atoms with Gasteiger partial charge in [-0.3, -0.25) is 4.90 Å². The molecule has 0 spiro atoms. The van der Waals surface area contributed by atoms with Crippen LogP contribution in [0.2, 0.25) is 0 Å². The Morgan fingerprint density at radius 2 is 1.75 bits per heavy atom. The van der Waals surface area contributed by atoms with Crippen molar-refractivity contribution in [1.29, 1.82) is 0 Å². The summed E-state index contributed by atoms with van der Waals surface area (Å²) >= 11 is 0. The van der Waals surface area contributed by atoms with Crippen molar-refractivity contribution in [2.24, 2.45) is 0 Å². The number of nitrogens with zero attached hydrogens (tertiary/aromatic N) is 5. The van der Waals surface area contributed by atoms with Gasteiger partial charge in [-0.1, -0.05) is 63.8 Å². The van der Waals surface area contributed by atoms with E-state index in [0.717, 1.165) is 57.2 Å². The van der Waals surface area contributed by atoms with Gasteiger partial charge in [0.05, 0.1) is 0 Å². The van der Waals surface area contributed by atoms with Crippen LogP contribution in [0.1, 0.15) is 76.8 Å². The summed E-state index contributed by atoms with van der Waals surface area (Å²) in [5, 5.41) is 4.77. The maximum absolute atomic E-state index is 5.10. The topological polar surface area (TPSA) is 49.2 Å². The molecule has 1 aromatic carbocycles. The van der Waals surface area contributed by atoms with Gasteiger partial charge in [0.15, 0.2) is 0 Å². The standard InChI is InChI=1S/C30H44N6/c1-4-9-25(5-2)32-30-31-20-27-28(22-36(29(27)33-30)26-10-7-6-8-11-26)24-14-12-23(13-15-24)21-35-18-16-34(3)17-19-35/h12-15,20,22,25-26H,4-11,16-19,21H2,1-3H3,(H,31,32,33). The molecule has 2 aromatic heterocycles. The normalized spacial score (nSPS) is 19.1. The summed E-state index contributed by atoms with van der Waals surface area (Å²) in [6, 6.07) is 10.2. The molecule has 2 fully saturated rings. The van der Waals surface area contributed by atoms with Gasteiger partial charge in [0.25, 0.3) is 0 Å². The highest BCUT2D eigenvalue weighted by Gasteiger charge is 2.22. The van der Waals surface area contributed by atoms with Gasteiger partial charge >= 0.3 is 0 Å². The Morgan fingerprint density at radius 1 is 1.00 bits per heavy atom. The van der Waals surface area contributed by atoms with Crippen molar-refractivity contribution in [3.63, 3.8) is 0 Å². The number of anilines is 1. The minimum atomic E-state index is 0.429. The summed E-state index contributed by atoms with van der Waals surface area (Å²) in [6.45, 7) is 10.1. The van der Waals surface area contributed by atoms with E-state index in [1.54, 1.807) is 0 Å². The molecule has 2 aliphatic rings. The molecule has 1 atom stereocenters. The molecule has 36 heavy (non-hydrogen) atoms. The van der Waals surface area contributed by atoms with Crippen molar-refractivity contribution in [2.75, 3.05) is 38.5 Å². The molecule has 0 bridgehead atoms. The van der Waals surface area contributed by atoms with Crippen LogP contribution >= 0.6 is 0 Å². The lowest BCUT2D eigenvalue weighted by Crippen LogP contribution is -2.43. The number of benzene rings is 1. The van der Waals surface area contributed by atoms with E-state index in [-0.39, 0.29) is 0 Å². The third-order valence-electron chi connectivity index (χ3n) is 8.27. The Kier molecular flexibility index (Phi) is 8.22. The largest absolute Gasteiger partial charge is 0.351 e. The zero-order chi connectivity index (χ0) is 24.9. The molecule has 5 rings (SSSR count). The van der Waals surface area contributed by atoms with E-state index >= 15 is 0 Å². The van der Waals surface area contributed by atoms with Gasteiger partial charge in [0, 0.05) is 68.2 Å². The lowest BCUT2D eigenvalue weighted by atomic mass is 9.95. The lowest BCUT2D eigenvalue weighted by molar-refractivity contribution is 0.148. The molecule has 1 N–H and O–H groups in total. The molecule has 6 nitrogen and oxygen atoms in total. The SMILES string of the molecule is CCCC(CC)Nc1ncc2c(-c3ccc(CN4CCN(C)CC4)cc3)cn(C3CCCCC3)c2n1. The maximum Gasteiger partial charge on any atom is 0.224 e. The quantitative estimate of drug-likeness (QED) is 0.381. The fourth-order valence-corrected chi connectivity index (χ4v) is 5.93. The van der Waals surface area contributed by atoms with Crippen LogP contribution in [0.3, 0.4) is 0 Å². The van der Waals surface area contributed by atoms with Gasteiger partial charge in [-0.05, 0) is 43.9 Å². The van der Waals surface area contributed by atoms with Gasteiger partial charge in [0.1, 0.15) is 5.65 Å². The van der Waals surface area contributed by atoms with Gasteiger partial charge < -0.3 is 14.8 Å². The molecule has 1 saturated heterocycles. The van der Waals surface area contributed by atoms with Gasteiger partial charge in [-0.2, -0.15) is 4.98 Å². The molecule has 194 valence electrons. The minimum absolute atomic E-state index is 0.429. The Morgan fingerprint density at radius 3 is 2.44 bits per heavy atom.